The Kier molecular flexibility index (Phi) is 8.66. The second-order valence-electron chi connectivity index (χ2n) is 4.75. The maximum absolute atomic E-state index is 3.53. The number of nitrogens with one attached hydrogen (secondary N) is 1. The molecule has 0 spiro atoms. The van der Waals surface area contributed by atoms with Crippen LogP contribution >= 0.6 is 0 Å². The SMILES string of the molecule is CCCCCCNCCCCc1ccccc1. The van der Waals surface area contributed by atoms with Gasteiger partial charge < -0.3 is 5.32 Å². The van der Waals surface area contributed by atoms with E-state index in [1.54, 1.807) is 0 Å². The summed E-state index contributed by atoms with van der Waals surface area (Å²) in [6.07, 6.45) is 9.25. The van der Waals surface area contributed by atoms with Crippen molar-refractivity contribution < 1.29 is 0 Å². The minimum absolute atomic E-state index is 1.18. The van der Waals surface area contributed by atoms with Gasteiger partial charge in [-0.05, 0) is 44.3 Å². The van der Waals surface area contributed by atoms with Crippen molar-refractivity contribution in [2.24, 2.45) is 0 Å². The molecule has 0 amide bonds. The highest BCUT2D eigenvalue weighted by atomic mass is 14.8. The number of unbranched alkanes of at least 4 members (excludes halogenated alkanes) is 4. The summed E-state index contributed by atoms with van der Waals surface area (Å²) in [4.78, 5) is 0. The molecule has 0 aliphatic rings. The summed E-state index contributed by atoms with van der Waals surface area (Å²) in [5, 5.41) is 3.53. The largest absolute Gasteiger partial charge is 0.317 e. The second kappa shape index (κ2) is 10.3. The van der Waals surface area contributed by atoms with Gasteiger partial charge in [-0.2, -0.15) is 0 Å². The quantitative estimate of drug-likeness (QED) is 0.598. The molecular formula is C16H27N. The van der Waals surface area contributed by atoms with E-state index in [1.165, 1.54) is 63.6 Å². The van der Waals surface area contributed by atoms with Crippen LogP contribution in [0.15, 0.2) is 30.3 Å². The number of benzene rings is 1. The normalized spacial score (nSPS) is 10.6. The molecular weight excluding hydrogens is 206 g/mol. The summed E-state index contributed by atoms with van der Waals surface area (Å²) < 4.78 is 0. The van der Waals surface area contributed by atoms with Crippen molar-refractivity contribution in [2.45, 2.75) is 51.9 Å². The first kappa shape index (κ1) is 14.2. The lowest BCUT2D eigenvalue weighted by molar-refractivity contribution is 0.575. The van der Waals surface area contributed by atoms with Crippen LogP contribution in [0, 0.1) is 0 Å². The molecule has 0 fully saturated rings. The Morgan fingerprint density at radius 3 is 2.24 bits per heavy atom. The zero-order valence-electron chi connectivity index (χ0n) is 11.3. The molecule has 0 aromatic heterocycles. The van der Waals surface area contributed by atoms with Gasteiger partial charge in [0.25, 0.3) is 0 Å². The van der Waals surface area contributed by atoms with Crippen LogP contribution in [0.5, 0.6) is 0 Å². The molecule has 0 radical (unpaired) electrons. The number of hydrogen-bond donors (Lipinski definition) is 1. The standard InChI is InChI=1S/C16H27N/c1-2-3-4-9-14-17-15-10-8-13-16-11-6-5-7-12-16/h5-7,11-12,17H,2-4,8-10,13-15H2,1H3. The Morgan fingerprint density at radius 2 is 1.53 bits per heavy atom. The average Bonchev–Trinajstić information content (AvgIpc) is 2.38. The monoisotopic (exact) mass is 233 g/mol. The van der Waals surface area contributed by atoms with Gasteiger partial charge in [0.2, 0.25) is 0 Å². The van der Waals surface area contributed by atoms with Crippen molar-refractivity contribution in [1.82, 2.24) is 5.32 Å². The van der Waals surface area contributed by atoms with Crippen LogP contribution in [0.2, 0.25) is 0 Å². The molecule has 0 aliphatic heterocycles. The topological polar surface area (TPSA) is 12.0 Å². The molecule has 0 saturated carbocycles. The molecule has 0 aliphatic carbocycles. The fourth-order valence-electron chi connectivity index (χ4n) is 2.03. The van der Waals surface area contributed by atoms with Crippen LogP contribution in [0.3, 0.4) is 0 Å². The molecule has 1 heteroatoms. The maximum Gasteiger partial charge on any atom is -0.00488 e. The molecule has 0 bridgehead atoms. The third-order valence-electron chi connectivity index (χ3n) is 3.12. The highest BCUT2D eigenvalue weighted by Gasteiger charge is 1.92. The maximum atomic E-state index is 3.53. The smallest absolute Gasteiger partial charge is 0.00488 e. The molecule has 1 N–H and O–H groups in total. The molecule has 0 atom stereocenters. The van der Waals surface area contributed by atoms with Crippen LogP contribution in [-0.4, -0.2) is 13.1 Å². The lowest BCUT2D eigenvalue weighted by Crippen LogP contribution is -2.16. The highest BCUT2D eigenvalue weighted by Crippen LogP contribution is 2.03. The third-order valence-corrected chi connectivity index (χ3v) is 3.12. The molecule has 17 heavy (non-hydrogen) atoms. The fourth-order valence-corrected chi connectivity index (χ4v) is 2.03. The molecule has 0 unspecified atom stereocenters. The zero-order chi connectivity index (χ0) is 12.2. The molecule has 0 heterocycles. The minimum atomic E-state index is 1.18. The molecule has 0 saturated heterocycles. The Balaban J connectivity index is 1.85. The Labute approximate surface area is 107 Å². The predicted molar refractivity (Wildman–Crippen MR) is 76.4 cm³/mol. The van der Waals surface area contributed by atoms with Crippen molar-refractivity contribution >= 4 is 0 Å². The van der Waals surface area contributed by atoms with Crippen molar-refractivity contribution in [1.29, 1.82) is 0 Å². The Hall–Kier alpha value is -0.820. The summed E-state index contributed by atoms with van der Waals surface area (Å²) in [6, 6.07) is 10.8. The van der Waals surface area contributed by atoms with Gasteiger partial charge in [0.05, 0.1) is 0 Å². The van der Waals surface area contributed by atoms with Gasteiger partial charge in [-0.15, -0.1) is 0 Å². The van der Waals surface area contributed by atoms with Crippen LogP contribution in [-0.2, 0) is 6.42 Å². The van der Waals surface area contributed by atoms with E-state index in [0.29, 0.717) is 0 Å². The van der Waals surface area contributed by atoms with Gasteiger partial charge in [-0.1, -0.05) is 56.5 Å². The van der Waals surface area contributed by atoms with E-state index in [0.717, 1.165) is 0 Å². The van der Waals surface area contributed by atoms with E-state index >= 15 is 0 Å². The highest BCUT2D eigenvalue weighted by molar-refractivity contribution is 5.14. The molecule has 1 rings (SSSR count). The Morgan fingerprint density at radius 1 is 0.824 bits per heavy atom. The van der Waals surface area contributed by atoms with E-state index in [2.05, 4.69) is 42.6 Å². The van der Waals surface area contributed by atoms with E-state index in [-0.39, 0.29) is 0 Å². The first-order chi connectivity index (χ1) is 8.43. The molecule has 1 nitrogen and oxygen atoms in total. The molecule has 1 aromatic rings. The number of aryl methyl sites for hydroxylation is 1. The van der Waals surface area contributed by atoms with Gasteiger partial charge >= 0.3 is 0 Å². The van der Waals surface area contributed by atoms with Crippen LogP contribution in [0.25, 0.3) is 0 Å². The lowest BCUT2D eigenvalue weighted by atomic mass is 10.1. The summed E-state index contributed by atoms with van der Waals surface area (Å²) in [5.41, 5.74) is 1.47. The minimum Gasteiger partial charge on any atom is -0.317 e. The van der Waals surface area contributed by atoms with Gasteiger partial charge in [0.1, 0.15) is 0 Å². The van der Waals surface area contributed by atoms with Crippen molar-refractivity contribution in [2.75, 3.05) is 13.1 Å². The van der Waals surface area contributed by atoms with Crippen molar-refractivity contribution in [3.63, 3.8) is 0 Å². The van der Waals surface area contributed by atoms with Crippen molar-refractivity contribution in [3.8, 4) is 0 Å². The van der Waals surface area contributed by atoms with E-state index in [9.17, 15) is 0 Å². The number of rotatable bonds is 10. The van der Waals surface area contributed by atoms with E-state index in [4.69, 9.17) is 0 Å². The molecule has 1 aromatic carbocycles. The first-order valence-electron chi connectivity index (χ1n) is 7.18. The zero-order valence-corrected chi connectivity index (χ0v) is 11.3. The van der Waals surface area contributed by atoms with Crippen LogP contribution in [0.4, 0.5) is 0 Å². The predicted octanol–water partition coefficient (Wildman–Crippen LogP) is 4.18. The summed E-state index contributed by atoms with van der Waals surface area (Å²) >= 11 is 0. The van der Waals surface area contributed by atoms with Crippen LogP contribution < -0.4 is 5.32 Å². The number of hydrogen-bond acceptors (Lipinski definition) is 1. The van der Waals surface area contributed by atoms with Gasteiger partial charge in [0.15, 0.2) is 0 Å². The lowest BCUT2D eigenvalue weighted by Gasteiger charge is -2.04. The van der Waals surface area contributed by atoms with Crippen LogP contribution in [0.1, 0.15) is 51.0 Å². The summed E-state index contributed by atoms with van der Waals surface area (Å²) in [6.45, 7) is 4.64. The third kappa shape index (κ3) is 7.98. The van der Waals surface area contributed by atoms with Crippen molar-refractivity contribution in [3.05, 3.63) is 35.9 Å². The average molecular weight is 233 g/mol. The molecule has 96 valence electrons. The van der Waals surface area contributed by atoms with E-state index in [1.807, 2.05) is 0 Å². The van der Waals surface area contributed by atoms with Gasteiger partial charge in [0, 0.05) is 0 Å². The van der Waals surface area contributed by atoms with Gasteiger partial charge in [-0.25, -0.2) is 0 Å². The van der Waals surface area contributed by atoms with Gasteiger partial charge in [-0.3, -0.25) is 0 Å². The summed E-state index contributed by atoms with van der Waals surface area (Å²) in [5.74, 6) is 0. The fraction of sp³-hybridized carbons (Fsp3) is 0.625. The second-order valence-corrected chi connectivity index (χ2v) is 4.75. The van der Waals surface area contributed by atoms with E-state index < -0.39 is 0 Å². The summed E-state index contributed by atoms with van der Waals surface area (Å²) in [7, 11) is 0. The Bertz CT molecular complexity index is 255. The first-order valence-corrected chi connectivity index (χ1v) is 7.18.